The van der Waals surface area contributed by atoms with Gasteiger partial charge in [-0.25, -0.2) is 0 Å². The third-order valence-corrected chi connectivity index (χ3v) is 2.22. The van der Waals surface area contributed by atoms with E-state index in [-0.39, 0.29) is 0 Å². The molecule has 0 aliphatic carbocycles. The highest BCUT2D eigenvalue weighted by Crippen LogP contribution is 2.18. The molecule has 0 fully saturated rings. The highest BCUT2D eigenvalue weighted by molar-refractivity contribution is 7.71. The molecule has 2 nitrogen and oxygen atoms in total. The summed E-state index contributed by atoms with van der Waals surface area (Å²) in [5, 5.41) is 0. The molecule has 62 valence electrons. The van der Waals surface area contributed by atoms with Crippen molar-refractivity contribution < 1.29 is 4.42 Å². The number of hydrogen-bond acceptors (Lipinski definition) is 2. The molecule has 0 aliphatic rings. The predicted molar refractivity (Wildman–Crippen MR) is 50.9 cm³/mol. The molecule has 0 saturated carbocycles. The minimum Gasteiger partial charge on any atom is -0.429 e. The van der Waals surface area contributed by atoms with Crippen LogP contribution in [0.3, 0.4) is 0 Å². The van der Waals surface area contributed by atoms with Crippen LogP contribution in [0, 0.1) is 18.7 Å². The second-order valence-electron chi connectivity index (χ2n) is 2.95. The van der Waals surface area contributed by atoms with E-state index < -0.39 is 0 Å². The van der Waals surface area contributed by atoms with Gasteiger partial charge in [-0.2, -0.15) is 0 Å². The molecule has 1 N–H and O–H groups in total. The third-order valence-electron chi connectivity index (χ3n) is 2.04. The van der Waals surface area contributed by atoms with Crippen molar-refractivity contribution in [2.75, 3.05) is 0 Å². The number of aromatic amines is 1. The van der Waals surface area contributed by atoms with Crippen LogP contribution >= 0.6 is 12.2 Å². The summed E-state index contributed by atoms with van der Waals surface area (Å²) in [6.45, 7) is 4.12. The minimum atomic E-state index is 0.440. The molecule has 0 saturated heterocycles. The van der Waals surface area contributed by atoms with Crippen LogP contribution in [0.5, 0.6) is 0 Å². The Bertz CT molecular complexity index is 439. The van der Waals surface area contributed by atoms with Crippen molar-refractivity contribution in [2.24, 2.45) is 0 Å². The third kappa shape index (κ3) is 1.06. The first-order valence-corrected chi connectivity index (χ1v) is 4.18. The van der Waals surface area contributed by atoms with E-state index in [0.29, 0.717) is 4.84 Å². The molecule has 3 heteroatoms. The van der Waals surface area contributed by atoms with E-state index in [1.807, 2.05) is 12.1 Å². The molecule has 2 aromatic rings. The molecule has 0 unspecified atom stereocenters. The van der Waals surface area contributed by atoms with Crippen LogP contribution in [-0.2, 0) is 0 Å². The van der Waals surface area contributed by atoms with Gasteiger partial charge in [-0.15, -0.1) is 0 Å². The number of nitrogens with one attached hydrogen (secondary N) is 1. The molecule has 2 rings (SSSR count). The summed E-state index contributed by atoms with van der Waals surface area (Å²) in [5.41, 5.74) is 4.28. The van der Waals surface area contributed by atoms with Gasteiger partial charge in [0.2, 0.25) is 0 Å². The van der Waals surface area contributed by atoms with E-state index in [4.69, 9.17) is 16.6 Å². The number of aromatic nitrogens is 1. The number of rotatable bonds is 0. The molecule has 0 radical (unpaired) electrons. The Balaban J connectivity index is 2.92. The van der Waals surface area contributed by atoms with Crippen molar-refractivity contribution in [2.45, 2.75) is 13.8 Å². The Hall–Kier alpha value is -1.09. The molecule has 0 amide bonds. The number of hydrogen-bond donors (Lipinski definition) is 1. The average molecular weight is 179 g/mol. The lowest BCUT2D eigenvalue weighted by Crippen LogP contribution is -1.79. The van der Waals surface area contributed by atoms with Crippen molar-refractivity contribution in [1.29, 1.82) is 0 Å². The van der Waals surface area contributed by atoms with Crippen molar-refractivity contribution in [1.82, 2.24) is 4.98 Å². The topological polar surface area (TPSA) is 28.9 Å². The SMILES string of the molecule is Cc1cc2[nH]c(=S)oc2cc1C. The van der Waals surface area contributed by atoms with Gasteiger partial charge >= 0.3 is 0 Å². The normalized spacial score (nSPS) is 10.8. The monoisotopic (exact) mass is 179 g/mol. The first-order valence-electron chi connectivity index (χ1n) is 3.77. The molecule has 0 spiro atoms. The van der Waals surface area contributed by atoms with E-state index in [1.54, 1.807) is 0 Å². The van der Waals surface area contributed by atoms with Gasteiger partial charge in [-0.05, 0) is 49.3 Å². The fraction of sp³-hybridized carbons (Fsp3) is 0.222. The highest BCUT2D eigenvalue weighted by Gasteiger charge is 2.00. The molecular weight excluding hydrogens is 170 g/mol. The first kappa shape index (κ1) is 7.55. The fourth-order valence-corrected chi connectivity index (χ4v) is 1.41. The van der Waals surface area contributed by atoms with Gasteiger partial charge in [0.1, 0.15) is 0 Å². The number of aryl methyl sites for hydroxylation is 2. The number of benzene rings is 1. The summed E-state index contributed by atoms with van der Waals surface area (Å²) in [7, 11) is 0. The van der Waals surface area contributed by atoms with Crippen molar-refractivity contribution in [3.05, 3.63) is 28.1 Å². The van der Waals surface area contributed by atoms with E-state index in [1.165, 1.54) is 11.1 Å². The molecule has 0 atom stereocenters. The fourth-order valence-electron chi connectivity index (χ4n) is 1.21. The Kier molecular flexibility index (Phi) is 1.54. The highest BCUT2D eigenvalue weighted by atomic mass is 32.1. The van der Waals surface area contributed by atoms with Crippen LogP contribution < -0.4 is 0 Å². The number of H-pyrrole nitrogens is 1. The molecule has 1 aromatic heterocycles. The molecule has 1 aromatic carbocycles. The second-order valence-corrected chi connectivity index (χ2v) is 3.32. The lowest BCUT2D eigenvalue weighted by molar-refractivity contribution is 0.583. The minimum absolute atomic E-state index is 0.440. The zero-order valence-electron chi connectivity index (χ0n) is 6.97. The van der Waals surface area contributed by atoms with Crippen LogP contribution in [0.25, 0.3) is 11.1 Å². The van der Waals surface area contributed by atoms with Gasteiger partial charge in [0, 0.05) is 0 Å². The summed E-state index contributed by atoms with van der Waals surface area (Å²) in [6.07, 6.45) is 0. The standard InChI is InChI=1S/C9H9NOS/c1-5-3-7-8(4-6(5)2)11-9(12)10-7/h3-4H,1-2H3,(H,10,12). The van der Waals surface area contributed by atoms with Gasteiger partial charge in [0.25, 0.3) is 4.84 Å². The van der Waals surface area contributed by atoms with Crippen LogP contribution in [0.4, 0.5) is 0 Å². The van der Waals surface area contributed by atoms with Gasteiger partial charge in [-0.1, -0.05) is 0 Å². The van der Waals surface area contributed by atoms with Crippen LogP contribution in [0.15, 0.2) is 16.5 Å². The molecule has 1 heterocycles. The van der Waals surface area contributed by atoms with E-state index in [2.05, 4.69) is 18.8 Å². The summed E-state index contributed by atoms with van der Waals surface area (Å²) in [5.74, 6) is 0. The summed E-state index contributed by atoms with van der Waals surface area (Å²) >= 11 is 4.88. The number of fused-ring (bicyclic) bond motifs is 1. The number of oxazole rings is 1. The van der Waals surface area contributed by atoms with Gasteiger partial charge in [-0.3, -0.25) is 0 Å². The zero-order valence-corrected chi connectivity index (χ0v) is 7.79. The molecule has 0 bridgehead atoms. The lowest BCUT2D eigenvalue weighted by atomic mass is 10.1. The second kappa shape index (κ2) is 2.45. The van der Waals surface area contributed by atoms with E-state index >= 15 is 0 Å². The van der Waals surface area contributed by atoms with Gasteiger partial charge < -0.3 is 9.40 Å². The van der Waals surface area contributed by atoms with Crippen molar-refractivity contribution in [3.63, 3.8) is 0 Å². The summed E-state index contributed by atoms with van der Waals surface area (Å²) in [4.78, 5) is 3.41. The Morgan fingerprint density at radius 2 is 1.92 bits per heavy atom. The van der Waals surface area contributed by atoms with Crippen LogP contribution in [0.2, 0.25) is 0 Å². The molecular formula is C9H9NOS. The molecule has 0 aliphatic heterocycles. The van der Waals surface area contributed by atoms with Crippen LogP contribution in [0.1, 0.15) is 11.1 Å². The van der Waals surface area contributed by atoms with Gasteiger partial charge in [0.05, 0.1) is 5.52 Å². The largest absolute Gasteiger partial charge is 0.429 e. The predicted octanol–water partition coefficient (Wildman–Crippen LogP) is 3.11. The quantitative estimate of drug-likeness (QED) is 0.629. The Labute approximate surface area is 75.2 Å². The Morgan fingerprint density at radius 1 is 1.25 bits per heavy atom. The Morgan fingerprint density at radius 3 is 2.67 bits per heavy atom. The van der Waals surface area contributed by atoms with Gasteiger partial charge in [0.15, 0.2) is 5.58 Å². The van der Waals surface area contributed by atoms with E-state index in [0.717, 1.165) is 11.1 Å². The molecule has 12 heavy (non-hydrogen) atoms. The average Bonchev–Trinajstić information content (AvgIpc) is 2.30. The maximum absolute atomic E-state index is 5.26. The zero-order chi connectivity index (χ0) is 8.72. The van der Waals surface area contributed by atoms with Crippen LogP contribution in [-0.4, -0.2) is 4.98 Å². The van der Waals surface area contributed by atoms with E-state index in [9.17, 15) is 0 Å². The maximum Gasteiger partial charge on any atom is 0.266 e. The summed E-state index contributed by atoms with van der Waals surface area (Å²) < 4.78 is 5.26. The maximum atomic E-state index is 5.26. The lowest BCUT2D eigenvalue weighted by Gasteiger charge is -1.96. The van der Waals surface area contributed by atoms with Crippen molar-refractivity contribution >= 4 is 23.3 Å². The smallest absolute Gasteiger partial charge is 0.266 e. The first-order chi connectivity index (χ1) is 5.66. The summed E-state index contributed by atoms with van der Waals surface area (Å²) in [6, 6.07) is 4.04. The van der Waals surface area contributed by atoms with Crippen molar-refractivity contribution in [3.8, 4) is 0 Å².